The minimum atomic E-state index is -0.633. The summed E-state index contributed by atoms with van der Waals surface area (Å²) in [5, 5.41) is 13.4. The van der Waals surface area contributed by atoms with Crippen LogP contribution in [-0.2, 0) is 6.54 Å². The highest BCUT2D eigenvalue weighted by Gasteiger charge is 2.32. The van der Waals surface area contributed by atoms with Gasteiger partial charge in [0.25, 0.3) is 0 Å². The Kier molecular flexibility index (Phi) is 4.65. The van der Waals surface area contributed by atoms with Gasteiger partial charge in [0.2, 0.25) is 0 Å². The minimum Gasteiger partial charge on any atom is -0.489 e. The number of nitrogens with one attached hydrogen (secondary N) is 1. The molecular weight excluding hydrogens is 294 g/mol. The second kappa shape index (κ2) is 6.04. The van der Waals surface area contributed by atoms with Crippen molar-refractivity contribution in [3.63, 3.8) is 0 Å². The van der Waals surface area contributed by atoms with Crippen molar-refractivity contribution in [1.29, 1.82) is 0 Å². The molecule has 0 spiro atoms. The Hall–Kier alpha value is -0.580. The molecule has 0 atom stereocenters. The van der Waals surface area contributed by atoms with Gasteiger partial charge >= 0.3 is 0 Å². The second-order valence-corrected chi connectivity index (χ2v) is 5.83. The largest absolute Gasteiger partial charge is 0.489 e. The van der Waals surface area contributed by atoms with E-state index in [0.29, 0.717) is 6.61 Å². The molecule has 2 N–H and O–H groups in total. The Morgan fingerprint density at radius 2 is 2.11 bits per heavy atom. The van der Waals surface area contributed by atoms with E-state index in [4.69, 9.17) is 4.74 Å². The summed E-state index contributed by atoms with van der Waals surface area (Å²) in [6.07, 6.45) is 3.88. The van der Waals surface area contributed by atoms with Gasteiger partial charge in [-0.1, -0.05) is 25.0 Å². The van der Waals surface area contributed by atoms with Gasteiger partial charge in [0.1, 0.15) is 12.4 Å². The molecule has 1 aliphatic rings. The van der Waals surface area contributed by atoms with Crippen molar-refractivity contribution < 1.29 is 9.84 Å². The fourth-order valence-electron chi connectivity index (χ4n) is 2.43. The lowest BCUT2D eigenvalue weighted by atomic mass is 10.0. The number of aliphatic hydroxyl groups is 1. The molecule has 3 nitrogen and oxygen atoms in total. The smallest absolute Gasteiger partial charge is 0.138 e. The third-order valence-electron chi connectivity index (χ3n) is 3.44. The first-order chi connectivity index (χ1) is 8.64. The summed E-state index contributed by atoms with van der Waals surface area (Å²) in [5.41, 5.74) is 0.472. The Morgan fingerprint density at radius 3 is 2.78 bits per heavy atom. The van der Waals surface area contributed by atoms with Crippen LogP contribution in [0.2, 0.25) is 0 Å². The van der Waals surface area contributed by atoms with E-state index in [1.807, 2.05) is 25.2 Å². The molecule has 0 amide bonds. The van der Waals surface area contributed by atoms with Gasteiger partial charge in [-0.15, -0.1) is 0 Å². The lowest BCUT2D eigenvalue weighted by molar-refractivity contribution is 0.000890. The van der Waals surface area contributed by atoms with Gasteiger partial charge in [0.15, 0.2) is 0 Å². The van der Waals surface area contributed by atoms with E-state index in [9.17, 15) is 5.11 Å². The Labute approximate surface area is 117 Å². The zero-order valence-corrected chi connectivity index (χ0v) is 12.3. The van der Waals surface area contributed by atoms with Crippen LogP contribution >= 0.6 is 15.9 Å². The first kappa shape index (κ1) is 13.8. The number of benzene rings is 1. The van der Waals surface area contributed by atoms with Crippen molar-refractivity contribution in [2.75, 3.05) is 13.7 Å². The Bertz CT molecular complexity index is 403. The maximum atomic E-state index is 10.3. The van der Waals surface area contributed by atoms with Crippen LogP contribution in [0.4, 0.5) is 0 Å². The molecule has 100 valence electrons. The topological polar surface area (TPSA) is 41.5 Å². The molecule has 4 heteroatoms. The number of para-hydroxylation sites is 1. The monoisotopic (exact) mass is 313 g/mol. The average Bonchev–Trinajstić information content (AvgIpc) is 2.76. The third kappa shape index (κ3) is 3.25. The van der Waals surface area contributed by atoms with Crippen LogP contribution in [0.1, 0.15) is 31.2 Å². The van der Waals surface area contributed by atoms with Crippen molar-refractivity contribution in [1.82, 2.24) is 5.32 Å². The van der Waals surface area contributed by atoms with Crippen molar-refractivity contribution in [3.05, 3.63) is 28.2 Å². The molecule has 0 bridgehead atoms. The van der Waals surface area contributed by atoms with Crippen LogP contribution in [-0.4, -0.2) is 24.4 Å². The minimum absolute atomic E-state index is 0.381. The van der Waals surface area contributed by atoms with E-state index in [0.717, 1.165) is 48.0 Å². The first-order valence-electron chi connectivity index (χ1n) is 6.42. The molecule has 0 radical (unpaired) electrons. The van der Waals surface area contributed by atoms with E-state index >= 15 is 0 Å². The van der Waals surface area contributed by atoms with Crippen molar-refractivity contribution in [3.8, 4) is 5.75 Å². The van der Waals surface area contributed by atoms with Gasteiger partial charge in [-0.2, -0.15) is 0 Å². The van der Waals surface area contributed by atoms with Gasteiger partial charge in [-0.05, 0) is 41.9 Å². The molecular formula is C14H20BrNO2. The molecule has 0 heterocycles. The molecule has 1 aliphatic carbocycles. The molecule has 0 saturated heterocycles. The number of ether oxygens (including phenoxy) is 1. The maximum Gasteiger partial charge on any atom is 0.138 e. The van der Waals surface area contributed by atoms with E-state index < -0.39 is 5.60 Å². The Balaban J connectivity index is 2.08. The van der Waals surface area contributed by atoms with Gasteiger partial charge < -0.3 is 15.2 Å². The lowest BCUT2D eigenvalue weighted by Crippen LogP contribution is -2.32. The van der Waals surface area contributed by atoms with E-state index in [1.54, 1.807) is 0 Å². The molecule has 0 aliphatic heterocycles. The second-order valence-electron chi connectivity index (χ2n) is 4.98. The molecule has 0 unspecified atom stereocenters. The molecule has 0 aromatic heterocycles. The molecule has 1 aromatic carbocycles. The van der Waals surface area contributed by atoms with Crippen molar-refractivity contribution >= 4 is 15.9 Å². The molecule has 1 saturated carbocycles. The third-order valence-corrected chi connectivity index (χ3v) is 4.06. The predicted octanol–water partition coefficient (Wildman–Crippen LogP) is 2.85. The highest BCUT2D eigenvalue weighted by atomic mass is 79.9. The van der Waals surface area contributed by atoms with Crippen LogP contribution in [0.15, 0.2) is 22.7 Å². The van der Waals surface area contributed by atoms with Gasteiger partial charge in [0.05, 0.1) is 10.1 Å². The number of halogens is 1. The summed E-state index contributed by atoms with van der Waals surface area (Å²) in [5.74, 6) is 0.840. The van der Waals surface area contributed by atoms with Gasteiger partial charge in [-0.3, -0.25) is 0 Å². The molecule has 1 fully saturated rings. The summed E-state index contributed by atoms with van der Waals surface area (Å²) >= 11 is 3.51. The lowest BCUT2D eigenvalue weighted by Gasteiger charge is -2.23. The zero-order valence-electron chi connectivity index (χ0n) is 10.7. The summed E-state index contributed by atoms with van der Waals surface area (Å²) < 4.78 is 6.81. The van der Waals surface area contributed by atoms with Crippen molar-refractivity contribution in [2.24, 2.45) is 0 Å². The summed E-state index contributed by atoms with van der Waals surface area (Å²) in [4.78, 5) is 0. The molecule has 2 rings (SSSR count). The Morgan fingerprint density at radius 1 is 1.39 bits per heavy atom. The van der Waals surface area contributed by atoms with Crippen LogP contribution in [0.5, 0.6) is 5.75 Å². The zero-order chi connectivity index (χ0) is 13.0. The molecule has 18 heavy (non-hydrogen) atoms. The fraction of sp³-hybridized carbons (Fsp3) is 0.571. The quantitative estimate of drug-likeness (QED) is 0.878. The number of hydrogen-bond donors (Lipinski definition) is 2. The SMILES string of the molecule is CNCc1cccc(Br)c1OCC1(O)CCCC1. The van der Waals surface area contributed by atoms with Crippen LogP contribution in [0.25, 0.3) is 0 Å². The average molecular weight is 314 g/mol. The normalized spacial score (nSPS) is 17.9. The predicted molar refractivity (Wildman–Crippen MR) is 75.8 cm³/mol. The number of hydrogen-bond acceptors (Lipinski definition) is 3. The van der Waals surface area contributed by atoms with Gasteiger partial charge in [-0.25, -0.2) is 0 Å². The molecule has 1 aromatic rings. The van der Waals surface area contributed by atoms with E-state index in [2.05, 4.69) is 21.2 Å². The first-order valence-corrected chi connectivity index (χ1v) is 7.21. The maximum absolute atomic E-state index is 10.3. The van der Waals surface area contributed by atoms with Crippen LogP contribution < -0.4 is 10.1 Å². The standard InChI is InChI=1S/C14H20BrNO2/c1-16-9-11-5-4-6-12(15)13(11)18-10-14(17)7-2-3-8-14/h4-6,16-17H,2-3,7-10H2,1H3. The highest BCUT2D eigenvalue weighted by Crippen LogP contribution is 2.33. The van der Waals surface area contributed by atoms with Gasteiger partial charge in [0, 0.05) is 12.1 Å². The van der Waals surface area contributed by atoms with Crippen LogP contribution in [0, 0.1) is 0 Å². The summed E-state index contributed by atoms with van der Waals surface area (Å²) in [6.45, 7) is 1.14. The number of rotatable bonds is 5. The highest BCUT2D eigenvalue weighted by molar-refractivity contribution is 9.10. The van der Waals surface area contributed by atoms with E-state index in [-0.39, 0.29) is 0 Å². The fourth-order valence-corrected chi connectivity index (χ4v) is 2.95. The van der Waals surface area contributed by atoms with Crippen LogP contribution in [0.3, 0.4) is 0 Å². The summed E-state index contributed by atoms with van der Waals surface area (Å²) in [6, 6.07) is 6.00. The van der Waals surface area contributed by atoms with Crippen molar-refractivity contribution in [2.45, 2.75) is 37.8 Å². The summed E-state index contributed by atoms with van der Waals surface area (Å²) in [7, 11) is 1.91. The van der Waals surface area contributed by atoms with E-state index in [1.165, 1.54) is 0 Å².